The summed E-state index contributed by atoms with van der Waals surface area (Å²) < 4.78 is 39.1. The van der Waals surface area contributed by atoms with Crippen molar-refractivity contribution in [1.29, 1.82) is 5.26 Å². The molecule has 1 aliphatic rings. The van der Waals surface area contributed by atoms with Crippen molar-refractivity contribution in [1.82, 2.24) is 0 Å². The highest BCUT2D eigenvalue weighted by molar-refractivity contribution is 8.14. The topological polar surface area (TPSA) is 60.9 Å². The molecule has 0 bridgehead atoms. The summed E-state index contributed by atoms with van der Waals surface area (Å²) in [7, 11) is 0. The maximum Gasteiger partial charge on any atom is 0.417 e. The summed E-state index contributed by atoms with van der Waals surface area (Å²) in [6, 6.07) is 5.03. The highest BCUT2D eigenvalue weighted by Gasteiger charge is 2.35. The molecular weight excluding hydrogens is 325 g/mol. The first-order valence-electron chi connectivity index (χ1n) is 7.02. The molecule has 2 rings (SSSR count). The minimum Gasteiger partial charge on any atom is -0.244 e. The lowest BCUT2D eigenvalue weighted by atomic mass is 10.0. The van der Waals surface area contributed by atoms with E-state index in [0.29, 0.717) is 18.0 Å². The lowest BCUT2D eigenvalue weighted by molar-refractivity contribution is -0.137. The van der Waals surface area contributed by atoms with Gasteiger partial charge in [-0.05, 0) is 30.9 Å². The number of benzene rings is 1. The van der Waals surface area contributed by atoms with Crippen LogP contribution in [0.1, 0.15) is 31.4 Å². The molecule has 0 aliphatic carbocycles. The van der Waals surface area contributed by atoms with Gasteiger partial charge in [-0.3, -0.25) is 0 Å². The molecule has 0 fully saturated rings. The summed E-state index contributed by atoms with van der Waals surface area (Å²) in [6.45, 7) is 4.40. The van der Waals surface area contributed by atoms with Crippen molar-refractivity contribution in [2.75, 3.05) is 12.3 Å². The minimum atomic E-state index is -4.59. The summed E-state index contributed by atoms with van der Waals surface area (Å²) in [5.41, 5.74) is -1.81. The molecule has 1 unspecified atom stereocenters. The van der Waals surface area contributed by atoms with E-state index in [0.717, 1.165) is 17.9 Å². The fourth-order valence-corrected chi connectivity index (χ4v) is 3.07. The lowest BCUT2D eigenvalue weighted by Gasteiger charge is -2.20. The molecule has 4 nitrogen and oxygen atoms in total. The summed E-state index contributed by atoms with van der Waals surface area (Å²) in [5, 5.41) is 17.6. The van der Waals surface area contributed by atoms with Crippen LogP contribution in [-0.2, 0) is 6.18 Å². The maximum absolute atomic E-state index is 13.0. The van der Waals surface area contributed by atoms with Crippen LogP contribution in [-0.4, -0.2) is 22.9 Å². The van der Waals surface area contributed by atoms with Gasteiger partial charge in [0.05, 0.1) is 29.4 Å². The van der Waals surface area contributed by atoms with E-state index in [9.17, 15) is 13.2 Å². The molecule has 1 atom stereocenters. The van der Waals surface area contributed by atoms with E-state index in [1.807, 2.05) is 13.8 Å². The van der Waals surface area contributed by atoms with E-state index in [2.05, 4.69) is 15.2 Å². The van der Waals surface area contributed by atoms with E-state index in [-0.39, 0.29) is 5.69 Å². The Bertz CT molecular complexity index is 691. The average molecular weight is 340 g/mol. The molecule has 1 aliphatic heterocycles. The highest BCUT2D eigenvalue weighted by atomic mass is 32.2. The predicted molar refractivity (Wildman–Crippen MR) is 84.1 cm³/mol. The van der Waals surface area contributed by atoms with E-state index in [1.165, 1.54) is 17.8 Å². The molecule has 0 saturated carbocycles. The third kappa shape index (κ3) is 3.91. The zero-order valence-corrected chi connectivity index (χ0v) is 13.5. The molecule has 1 heterocycles. The Morgan fingerprint density at radius 2 is 2.22 bits per heavy atom. The predicted octanol–water partition coefficient (Wildman–Crippen LogP) is 4.97. The zero-order valence-electron chi connectivity index (χ0n) is 12.7. The number of hydrogen-bond acceptors (Lipinski definition) is 5. The number of azo groups is 1. The fraction of sp³-hybridized carbons (Fsp3) is 0.467. The standard InChI is InChI=1S/C15H15F3N4S/c1-3-23-13(14(2)6-7-20-22-14)21-11-5-4-10(9-19)12(8-11)15(16,17)18/h4-5,8H,3,6-7H2,1-2H3. The third-order valence-corrected chi connectivity index (χ3v) is 4.48. The van der Waals surface area contributed by atoms with Crippen molar-refractivity contribution in [2.24, 2.45) is 15.2 Å². The Kier molecular flexibility index (Phi) is 5.09. The van der Waals surface area contributed by atoms with Gasteiger partial charge in [0.1, 0.15) is 10.6 Å². The largest absolute Gasteiger partial charge is 0.417 e. The SMILES string of the molecule is CCSC(=Nc1ccc(C#N)c(C(F)(F)F)c1)C1(C)CCN=N1. The smallest absolute Gasteiger partial charge is 0.244 e. The van der Waals surface area contributed by atoms with E-state index in [1.54, 1.807) is 6.07 Å². The molecule has 0 amide bonds. The van der Waals surface area contributed by atoms with Crippen molar-refractivity contribution in [3.63, 3.8) is 0 Å². The van der Waals surface area contributed by atoms with Crippen LogP contribution in [0.2, 0.25) is 0 Å². The van der Waals surface area contributed by atoms with Crippen LogP contribution in [0, 0.1) is 11.3 Å². The van der Waals surface area contributed by atoms with Gasteiger partial charge < -0.3 is 0 Å². The summed E-state index contributed by atoms with van der Waals surface area (Å²) in [6.07, 6.45) is -3.91. The van der Waals surface area contributed by atoms with Gasteiger partial charge in [-0.15, -0.1) is 11.8 Å². The monoisotopic (exact) mass is 340 g/mol. The van der Waals surface area contributed by atoms with Gasteiger partial charge >= 0.3 is 6.18 Å². The van der Waals surface area contributed by atoms with Gasteiger partial charge in [-0.25, -0.2) is 4.99 Å². The Labute approximate surface area is 136 Å². The van der Waals surface area contributed by atoms with Gasteiger partial charge in [0.25, 0.3) is 0 Å². The highest BCUT2D eigenvalue weighted by Crippen LogP contribution is 2.36. The van der Waals surface area contributed by atoms with Gasteiger partial charge in [0.15, 0.2) is 0 Å². The normalized spacial score (nSPS) is 21.5. The first kappa shape index (κ1) is 17.5. The second-order valence-electron chi connectivity index (χ2n) is 5.18. The Balaban J connectivity index is 2.48. The van der Waals surface area contributed by atoms with Crippen LogP contribution >= 0.6 is 11.8 Å². The molecule has 8 heteroatoms. The number of halogens is 3. The van der Waals surface area contributed by atoms with Gasteiger partial charge in [-0.2, -0.15) is 28.7 Å². The molecule has 0 spiro atoms. The van der Waals surface area contributed by atoms with Crippen molar-refractivity contribution in [3.05, 3.63) is 29.3 Å². The van der Waals surface area contributed by atoms with Crippen LogP contribution in [0.5, 0.6) is 0 Å². The number of rotatable bonds is 3. The number of nitriles is 1. The molecule has 23 heavy (non-hydrogen) atoms. The summed E-state index contributed by atoms with van der Waals surface area (Å²) in [5.74, 6) is 0.729. The molecule has 1 aromatic rings. The van der Waals surface area contributed by atoms with Crippen LogP contribution in [0.3, 0.4) is 0 Å². The first-order chi connectivity index (χ1) is 10.8. The van der Waals surface area contributed by atoms with Gasteiger partial charge in [0, 0.05) is 6.42 Å². The number of aliphatic imine (C=N–C) groups is 1. The Morgan fingerprint density at radius 1 is 1.48 bits per heavy atom. The van der Waals surface area contributed by atoms with Crippen molar-refractivity contribution >= 4 is 22.5 Å². The van der Waals surface area contributed by atoms with Crippen LogP contribution in [0.25, 0.3) is 0 Å². The number of thioether (sulfide) groups is 1. The number of alkyl halides is 3. The first-order valence-corrected chi connectivity index (χ1v) is 8.00. The Hall–Kier alpha value is -1.88. The number of hydrogen-bond donors (Lipinski definition) is 0. The van der Waals surface area contributed by atoms with Crippen molar-refractivity contribution < 1.29 is 13.2 Å². The molecule has 0 radical (unpaired) electrons. The lowest BCUT2D eigenvalue weighted by Crippen LogP contribution is -2.29. The maximum atomic E-state index is 13.0. The van der Waals surface area contributed by atoms with Crippen LogP contribution in [0.15, 0.2) is 33.4 Å². The second-order valence-corrected chi connectivity index (χ2v) is 6.43. The number of nitrogens with zero attached hydrogens (tertiary/aromatic N) is 4. The van der Waals surface area contributed by atoms with Crippen LogP contribution in [0.4, 0.5) is 18.9 Å². The summed E-state index contributed by atoms with van der Waals surface area (Å²) in [4.78, 5) is 4.37. The van der Waals surface area contributed by atoms with Gasteiger partial charge in [-0.1, -0.05) is 6.92 Å². The second kappa shape index (κ2) is 6.71. The van der Waals surface area contributed by atoms with Crippen molar-refractivity contribution in [2.45, 2.75) is 32.0 Å². The zero-order chi connectivity index (χ0) is 17.1. The van der Waals surface area contributed by atoms with Crippen LogP contribution < -0.4 is 0 Å². The molecule has 122 valence electrons. The van der Waals surface area contributed by atoms with Gasteiger partial charge in [0.2, 0.25) is 0 Å². The molecule has 0 N–H and O–H groups in total. The molecule has 0 saturated heterocycles. The van der Waals surface area contributed by atoms with E-state index < -0.39 is 22.8 Å². The van der Waals surface area contributed by atoms with E-state index >= 15 is 0 Å². The minimum absolute atomic E-state index is 0.163. The molecule has 1 aromatic carbocycles. The summed E-state index contributed by atoms with van der Waals surface area (Å²) >= 11 is 1.44. The van der Waals surface area contributed by atoms with E-state index in [4.69, 9.17) is 5.26 Å². The Morgan fingerprint density at radius 3 is 2.74 bits per heavy atom. The average Bonchev–Trinajstić information content (AvgIpc) is 2.94. The fourth-order valence-electron chi connectivity index (χ4n) is 2.17. The third-order valence-electron chi connectivity index (χ3n) is 3.39. The quantitative estimate of drug-likeness (QED) is 0.576. The molecule has 0 aromatic heterocycles. The van der Waals surface area contributed by atoms with Crippen molar-refractivity contribution in [3.8, 4) is 6.07 Å². The molecular formula is C15H15F3N4S.